The van der Waals surface area contributed by atoms with Crippen molar-refractivity contribution in [1.82, 2.24) is 19.3 Å². The van der Waals surface area contributed by atoms with E-state index in [1.165, 1.54) is 23.3 Å². The van der Waals surface area contributed by atoms with Crippen LogP contribution < -0.4 is 0 Å². The molecule has 2 aromatic heterocycles. The molecule has 2 heterocycles. The number of halogens is 1. The topological polar surface area (TPSA) is 61.9 Å². The Morgan fingerprint density at radius 3 is 3.00 bits per heavy atom. The highest BCUT2D eigenvalue weighted by atomic mass is 35.5. The highest BCUT2D eigenvalue weighted by Crippen LogP contribution is 2.09. The Morgan fingerprint density at radius 2 is 2.41 bits per heavy atom. The minimum atomic E-state index is -0.454. The second-order valence-electron chi connectivity index (χ2n) is 3.42. The van der Waals surface area contributed by atoms with Gasteiger partial charge < -0.3 is 4.74 Å². The molecule has 0 amide bonds. The van der Waals surface area contributed by atoms with Gasteiger partial charge in [-0.05, 0) is 6.07 Å². The van der Waals surface area contributed by atoms with Crippen LogP contribution in [0.25, 0.3) is 0 Å². The number of rotatable bonds is 3. The molecule has 0 saturated carbocycles. The molecule has 0 aliphatic carbocycles. The van der Waals surface area contributed by atoms with Crippen LogP contribution in [0.15, 0.2) is 24.8 Å². The summed E-state index contributed by atoms with van der Waals surface area (Å²) in [6, 6.07) is 1.74. The molecule has 2 rings (SSSR count). The summed E-state index contributed by atoms with van der Waals surface area (Å²) in [5.74, 6) is 0. The first-order chi connectivity index (χ1) is 8.16. The molecule has 0 aliphatic rings. The molecule has 0 atom stereocenters. The maximum Gasteiger partial charge on any atom is 0.419 e. The maximum absolute atomic E-state index is 11.4. The van der Waals surface area contributed by atoms with E-state index in [1.54, 1.807) is 17.8 Å². The number of nitrogens with zero attached hydrogens (tertiary/aromatic N) is 4. The van der Waals surface area contributed by atoms with Gasteiger partial charge in [-0.15, -0.1) is 0 Å². The third-order valence-corrected chi connectivity index (χ3v) is 2.53. The molecular weight excluding hydrogens is 244 g/mol. The van der Waals surface area contributed by atoms with Gasteiger partial charge >= 0.3 is 6.09 Å². The van der Waals surface area contributed by atoms with Crippen LogP contribution in [-0.4, -0.2) is 32.0 Å². The molecule has 0 unspecified atom stereocenters. The number of hydrogen-bond acceptors (Lipinski definition) is 4. The lowest BCUT2D eigenvalue weighted by molar-refractivity contribution is 0.149. The predicted octanol–water partition coefficient (Wildman–Crippen LogP) is 1.50. The maximum atomic E-state index is 11.4. The van der Waals surface area contributed by atoms with Crippen molar-refractivity contribution in [3.63, 3.8) is 0 Å². The Bertz CT molecular complexity index is 487. The number of aryl methyl sites for hydroxylation is 1. The molecule has 0 aromatic carbocycles. The van der Waals surface area contributed by atoms with Crippen LogP contribution in [0.1, 0.15) is 5.69 Å². The molecule has 7 heteroatoms. The summed E-state index contributed by atoms with van der Waals surface area (Å²) in [5.41, 5.74) is 0.788. The second-order valence-corrected chi connectivity index (χ2v) is 3.80. The zero-order valence-corrected chi connectivity index (χ0v) is 9.96. The predicted molar refractivity (Wildman–Crippen MR) is 60.9 cm³/mol. The Kier molecular flexibility index (Phi) is 3.43. The SMILES string of the molecule is Cn1nc(CCOC(=O)n2ccnc2)cc1Cl. The molecule has 17 heavy (non-hydrogen) atoms. The lowest BCUT2D eigenvalue weighted by atomic mass is 10.3. The van der Waals surface area contributed by atoms with Crippen LogP contribution in [0.4, 0.5) is 4.79 Å². The molecule has 0 radical (unpaired) electrons. The average molecular weight is 255 g/mol. The standard InChI is InChI=1S/C10H11ClN4O2/c1-14-9(11)6-8(13-14)2-5-17-10(16)15-4-3-12-7-15/h3-4,6-7H,2,5H2,1H3. The summed E-state index contributed by atoms with van der Waals surface area (Å²) in [5, 5.41) is 4.70. The molecule has 6 nitrogen and oxygen atoms in total. The van der Waals surface area contributed by atoms with Crippen LogP contribution >= 0.6 is 11.6 Å². The number of ether oxygens (including phenoxy) is 1. The molecule has 0 aliphatic heterocycles. The van der Waals surface area contributed by atoms with Crippen LogP contribution in [0, 0.1) is 0 Å². The van der Waals surface area contributed by atoms with Gasteiger partial charge in [0.2, 0.25) is 0 Å². The van der Waals surface area contributed by atoms with Crippen molar-refractivity contribution in [1.29, 1.82) is 0 Å². The van der Waals surface area contributed by atoms with Crippen molar-refractivity contribution >= 4 is 17.7 Å². The molecule has 2 aromatic rings. The largest absolute Gasteiger partial charge is 0.448 e. The van der Waals surface area contributed by atoms with Gasteiger partial charge in [-0.2, -0.15) is 5.10 Å². The summed E-state index contributed by atoms with van der Waals surface area (Å²) < 4.78 is 7.86. The molecule has 0 fully saturated rings. The summed E-state index contributed by atoms with van der Waals surface area (Å²) in [7, 11) is 1.75. The van der Waals surface area contributed by atoms with Gasteiger partial charge in [-0.25, -0.2) is 14.3 Å². The molecule has 90 valence electrons. The zero-order chi connectivity index (χ0) is 12.3. The summed E-state index contributed by atoms with van der Waals surface area (Å²) in [6.45, 7) is 0.254. The first-order valence-electron chi connectivity index (χ1n) is 5.00. The van der Waals surface area contributed by atoms with E-state index < -0.39 is 6.09 Å². The number of imidazole rings is 1. The van der Waals surface area contributed by atoms with E-state index in [0.717, 1.165) is 5.69 Å². The lowest BCUT2D eigenvalue weighted by Crippen LogP contribution is -2.13. The molecule has 0 N–H and O–H groups in total. The quantitative estimate of drug-likeness (QED) is 0.833. The second kappa shape index (κ2) is 5.01. The van der Waals surface area contributed by atoms with E-state index in [9.17, 15) is 4.79 Å². The fourth-order valence-electron chi connectivity index (χ4n) is 1.31. The van der Waals surface area contributed by atoms with E-state index in [1.807, 2.05) is 0 Å². The molecule has 0 spiro atoms. The Hall–Kier alpha value is -1.82. The first-order valence-corrected chi connectivity index (χ1v) is 5.38. The van der Waals surface area contributed by atoms with Gasteiger partial charge in [0, 0.05) is 25.9 Å². The van der Waals surface area contributed by atoms with Gasteiger partial charge in [0.05, 0.1) is 12.3 Å². The van der Waals surface area contributed by atoms with Crippen molar-refractivity contribution in [3.8, 4) is 0 Å². The van der Waals surface area contributed by atoms with Crippen molar-refractivity contribution < 1.29 is 9.53 Å². The highest BCUT2D eigenvalue weighted by Gasteiger charge is 2.06. The lowest BCUT2D eigenvalue weighted by Gasteiger charge is -2.02. The molecule has 0 bridgehead atoms. The van der Waals surface area contributed by atoms with Gasteiger partial charge in [0.15, 0.2) is 0 Å². The Morgan fingerprint density at radius 1 is 1.59 bits per heavy atom. The van der Waals surface area contributed by atoms with Crippen LogP contribution in [0.5, 0.6) is 0 Å². The van der Waals surface area contributed by atoms with Crippen LogP contribution in [-0.2, 0) is 18.2 Å². The third-order valence-electron chi connectivity index (χ3n) is 2.17. The minimum Gasteiger partial charge on any atom is -0.448 e. The first kappa shape index (κ1) is 11.7. The zero-order valence-electron chi connectivity index (χ0n) is 9.21. The normalized spacial score (nSPS) is 10.5. The fourth-order valence-corrected chi connectivity index (χ4v) is 1.47. The molecule has 0 saturated heterocycles. The number of carbonyl (C=O) groups excluding carboxylic acids is 1. The van der Waals surface area contributed by atoms with E-state index in [0.29, 0.717) is 11.6 Å². The Labute approximate surface area is 103 Å². The van der Waals surface area contributed by atoms with Gasteiger partial charge in [0.25, 0.3) is 0 Å². The summed E-state index contributed by atoms with van der Waals surface area (Å²) in [6.07, 6.45) is 4.50. The van der Waals surface area contributed by atoms with Gasteiger partial charge in [-0.1, -0.05) is 11.6 Å². The Balaban J connectivity index is 1.82. The van der Waals surface area contributed by atoms with Gasteiger partial charge in [-0.3, -0.25) is 4.68 Å². The molecular formula is C10H11ClN4O2. The van der Waals surface area contributed by atoms with Crippen LogP contribution in [0.2, 0.25) is 5.15 Å². The van der Waals surface area contributed by atoms with E-state index in [2.05, 4.69) is 10.1 Å². The number of carbonyl (C=O) groups is 1. The fraction of sp³-hybridized carbons (Fsp3) is 0.300. The summed E-state index contributed by atoms with van der Waals surface area (Å²) in [4.78, 5) is 15.2. The van der Waals surface area contributed by atoms with E-state index >= 15 is 0 Å². The van der Waals surface area contributed by atoms with Gasteiger partial charge in [0.1, 0.15) is 11.5 Å². The summed E-state index contributed by atoms with van der Waals surface area (Å²) >= 11 is 5.83. The minimum absolute atomic E-state index is 0.254. The third kappa shape index (κ3) is 2.85. The van der Waals surface area contributed by atoms with Crippen molar-refractivity contribution in [2.75, 3.05) is 6.61 Å². The van der Waals surface area contributed by atoms with Crippen LogP contribution in [0.3, 0.4) is 0 Å². The van der Waals surface area contributed by atoms with Crippen molar-refractivity contribution in [2.24, 2.45) is 7.05 Å². The van der Waals surface area contributed by atoms with Crippen molar-refractivity contribution in [3.05, 3.63) is 35.6 Å². The van der Waals surface area contributed by atoms with E-state index in [-0.39, 0.29) is 6.61 Å². The number of aromatic nitrogens is 4. The number of hydrogen-bond donors (Lipinski definition) is 0. The monoisotopic (exact) mass is 254 g/mol. The average Bonchev–Trinajstić information content (AvgIpc) is 2.90. The van der Waals surface area contributed by atoms with E-state index in [4.69, 9.17) is 16.3 Å². The van der Waals surface area contributed by atoms with Crippen molar-refractivity contribution in [2.45, 2.75) is 6.42 Å². The smallest absolute Gasteiger partial charge is 0.419 e. The highest BCUT2D eigenvalue weighted by molar-refractivity contribution is 6.29.